The van der Waals surface area contributed by atoms with Gasteiger partial charge in [0.1, 0.15) is 5.69 Å². The van der Waals surface area contributed by atoms with Crippen LogP contribution in [0.15, 0.2) is 30.6 Å². The molecule has 0 unspecified atom stereocenters. The number of rotatable bonds is 6. The van der Waals surface area contributed by atoms with Crippen LogP contribution in [0, 0.1) is 17.0 Å². The fourth-order valence-electron chi connectivity index (χ4n) is 1.76. The second kappa shape index (κ2) is 5.94. The number of aryl methyl sites for hydroxylation is 2. The van der Waals surface area contributed by atoms with Gasteiger partial charge in [-0.05, 0) is 25.0 Å². The molecule has 0 radical (unpaired) electrons. The first-order chi connectivity index (χ1) is 9.16. The van der Waals surface area contributed by atoms with Gasteiger partial charge in [0, 0.05) is 25.4 Å². The first-order valence-electron chi connectivity index (χ1n) is 6.00. The molecule has 0 bridgehead atoms. The smallest absolute Gasteiger partial charge is 0.292 e. The highest BCUT2D eigenvalue weighted by Crippen LogP contribution is 2.25. The van der Waals surface area contributed by atoms with Crippen LogP contribution >= 0.6 is 0 Å². The average molecular weight is 261 g/mol. The number of nitrogens with one attached hydrogen (secondary N) is 1. The summed E-state index contributed by atoms with van der Waals surface area (Å²) < 4.78 is 1.73. The van der Waals surface area contributed by atoms with E-state index in [-0.39, 0.29) is 10.6 Å². The van der Waals surface area contributed by atoms with Crippen LogP contribution in [0.1, 0.15) is 12.0 Å². The van der Waals surface area contributed by atoms with E-state index < -0.39 is 0 Å². The van der Waals surface area contributed by atoms with Crippen LogP contribution in [0.3, 0.4) is 0 Å². The van der Waals surface area contributed by atoms with Gasteiger partial charge in [-0.1, -0.05) is 11.3 Å². The molecule has 1 aromatic carbocycles. The van der Waals surface area contributed by atoms with Crippen LogP contribution in [0.4, 0.5) is 11.4 Å². The van der Waals surface area contributed by atoms with Crippen molar-refractivity contribution in [1.29, 1.82) is 0 Å². The summed E-state index contributed by atoms with van der Waals surface area (Å²) in [7, 11) is 0. The molecule has 0 atom stereocenters. The minimum absolute atomic E-state index is 0.112. The molecule has 100 valence electrons. The van der Waals surface area contributed by atoms with E-state index in [9.17, 15) is 10.1 Å². The molecule has 0 aliphatic rings. The van der Waals surface area contributed by atoms with Gasteiger partial charge in [0.15, 0.2) is 0 Å². The second-order valence-corrected chi connectivity index (χ2v) is 4.22. The highest BCUT2D eigenvalue weighted by molar-refractivity contribution is 5.62. The lowest BCUT2D eigenvalue weighted by Gasteiger charge is -2.07. The molecule has 19 heavy (non-hydrogen) atoms. The third-order valence-corrected chi connectivity index (χ3v) is 2.70. The SMILES string of the molecule is Cc1ccc(NCCCn2ccnn2)c([N+](=O)[O-])c1. The van der Waals surface area contributed by atoms with E-state index in [1.165, 1.54) is 0 Å². The number of nitro benzene ring substituents is 1. The molecule has 1 aromatic heterocycles. The molecular weight excluding hydrogens is 246 g/mol. The second-order valence-electron chi connectivity index (χ2n) is 4.22. The Morgan fingerprint density at radius 3 is 3.00 bits per heavy atom. The van der Waals surface area contributed by atoms with Crippen LogP contribution in [0.5, 0.6) is 0 Å². The number of nitrogens with zero attached hydrogens (tertiary/aromatic N) is 4. The summed E-state index contributed by atoms with van der Waals surface area (Å²) in [4.78, 5) is 10.6. The standard InChI is InChI=1S/C12H15N5O2/c1-10-3-4-11(12(9-10)17(18)19)13-5-2-7-16-8-6-14-15-16/h3-4,6,8-9,13H,2,5,7H2,1H3. The van der Waals surface area contributed by atoms with Crippen LogP contribution in [-0.2, 0) is 6.54 Å². The lowest BCUT2D eigenvalue weighted by atomic mass is 10.2. The van der Waals surface area contributed by atoms with Crippen molar-refractivity contribution in [2.45, 2.75) is 19.9 Å². The molecule has 0 amide bonds. The predicted octanol–water partition coefficient (Wildman–Crippen LogP) is 2.00. The molecule has 0 saturated heterocycles. The van der Waals surface area contributed by atoms with Crippen molar-refractivity contribution >= 4 is 11.4 Å². The zero-order valence-electron chi connectivity index (χ0n) is 10.6. The number of anilines is 1. The summed E-state index contributed by atoms with van der Waals surface area (Å²) in [6, 6.07) is 5.16. The quantitative estimate of drug-likeness (QED) is 0.488. The molecular formula is C12H15N5O2. The van der Waals surface area contributed by atoms with Gasteiger partial charge < -0.3 is 5.32 Å². The molecule has 1 heterocycles. The Kier molecular flexibility index (Phi) is 4.07. The minimum Gasteiger partial charge on any atom is -0.379 e. The van der Waals surface area contributed by atoms with Gasteiger partial charge in [-0.2, -0.15) is 0 Å². The molecule has 7 nitrogen and oxygen atoms in total. The average Bonchev–Trinajstić information content (AvgIpc) is 2.89. The maximum absolute atomic E-state index is 10.9. The van der Waals surface area contributed by atoms with E-state index in [1.54, 1.807) is 29.2 Å². The van der Waals surface area contributed by atoms with Crippen molar-refractivity contribution in [2.24, 2.45) is 0 Å². The van der Waals surface area contributed by atoms with E-state index in [4.69, 9.17) is 0 Å². The molecule has 0 saturated carbocycles. The third-order valence-electron chi connectivity index (χ3n) is 2.70. The van der Waals surface area contributed by atoms with E-state index in [1.807, 2.05) is 13.0 Å². The van der Waals surface area contributed by atoms with Gasteiger partial charge in [-0.15, -0.1) is 5.10 Å². The molecule has 1 N–H and O–H groups in total. The molecule has 0 fully saturated rings. The first-order valence-corrected chi connectivity index (χ1v) is 6.00. The maximum atomic E-state index is 10.9. The van der Waals surface area contributed by atoms with Gasteiger partial charge in [-0.3, -0.25) is 14.8 Å². The Bertz CT molecular complexity index is 553. The third kappa shape index (κ3) is 3.51. The van der Waals surface area contributed by atoms with Crippen LogP contribution in [0.25, 0.3) is 0 Å². The molecule has 0 aliphatic carbocycles. The van der Waals surface area contributed by atoms with Crippen LogP contribution in [-0.4, -0.2) is 26.5 Å². The molecule has 0 aliphatic heterocycles. The first kappa shape index (κ1) is 13.0. The number of nitro groups is 1. The zero-order chi connectivity index (χ0) is 13.7. The lowest BCUT2D eigenvalue weighted by molar-refractivity contribution is -0.384. The van der Waals surface area contributed by atoms with Gasteiger partial charge in [0.25, 0.3) is 5.69 Å². The van der Waals surface area contributed by atoms with Crippen molar-refractivity contribution in [3.8, 4) is 0 Å². The van der Waals surface area contributed by atoms with Crippen molar-refractivity contribution in [2.75, 3.05) is 11.9 Å². The Labute approximate surface area is 110 Å². The fraction of sp³-hybridized carbons (Fsp3) is 0.333. The summed E-state index contributed by atoms with van der Waals surface area (Å²) >= 11 is 0. The predicted molar refractivity (Wildman–Crippen MR) is 71.0 cm³/mol. The number of hydrogen-bond acceptors (Lipinski definition) is 5. The van der Waals surface area contributed by atoms with Gasteiger partial charge >= 0.3 is 0 Å². The highest BCUT2D eigenvalue weighted by Gasteiger charge is 2.12. The summed E-state index contributed by atoms with van der Waals surface area (Å²) in [5, 5.41) is 21.6. The number of benzene rings is 1. The van der Waals surface area contributed by atoms with Crippen molar-refractivity contribution in [3.63, 3.8) is 0 Å². The Hall–Kier alpha value is -2.44. The van der Waals surface area contributed by atoms with Crippen molar-refractivity contribution in [3.05, 3.63) is 46.3 Å². The van der Waals surface area contributed by atoms with E-state index in [2.05, 4.69) is 15.6 Å². The molecule has 2 rings (SSSR count). The van der Waals surface area contributed by atoms with Crippen molar-refractivity contribution < 1.29 is 4.92 Å². The fourth-order valence-corrected chi connectivity index (χ4v) is 1.76. The summed E-state index contributed by atoms with van der Waals surface area (Å²) in [5.74, 6) is 0. The Morgan fingerprint density at radius 1 is 1.47 bits per heavy atom. The van der Waals surface area contributed by atoms with Crippen LogP contribution < -0.4 is 5.32 Å². The Balaban J connectivity index is 1.90. The van der Waals surface area contributed by atoms with Crippen molar-refractivity contribution in [1.82, 2.24) is 15.0 Å². The topological polar surface area (TPSA) is 85.9 Å². The summed E-state index contributed by atoms with van der Waals surface area (Å²) in [6.45, 7) is 3.21. The normalized spacial score (nSPS) is 10.4. The number of aromatic nitrogens is 3. The van der Waals surface area contributed by atoms with Gasteiger partial charge in [-0.25, -0.2) is 0 Å². The number of hydrogen-bond donors (Lipinski definition) is 1. The lowest BCUT2D eigenvalue weighted by Crippen LogP contribution is -2.08. The van der Waals surface area contributed by atoms with E-state index in [0.29, 0.717) is 12.2 Å². The summed E-state index contributed by atoms with van der Waals surface area (Å²) in [5.41, 5.74) is 1.54. The molecule has 2 aromatic rings. The monoisotopic (exact) mass is 261 g/mol. The van der Waals surface area contributed by atoms with Crippen LogP contribution in [0.2, 0.25) is 0 Å². The highest BCUT2D eigenvalue weighted by atomic mass is 16.6. The summed E-state index contributed by atoms with van der Waals surface area (Å²) in [6.07, 6.45) is 4.22. The zero-order valence-corrected chi connectivity index (χ0v) is 10.6. The molecule has 0 spiro atoms. The Morgan fingerprint density at radius 2 is 2.32 bits per heavy atom. The van der Waals surface area contributed by atoms with E-state index >= 15 is 0 Å². The van der Waals surface area contributed by atoms with Gasteiger partial charge in [0.05, 0.1) is 11.1 Å². The van der Waals surface area contributed by atoms with E-state index in [0.717, 1.165) is 18.5 Å². The molecule has 7 heteroatoms. The maximum Gasteiger partial charge on any atom is 0.292 e. The largest absolute Gasteiger partial charge is 0.379 e. The minimum atomic E-state index is -0.368. The van der Waals surface area contributed by atoms with Gasteiger partial charge in [0.2, 0.25) is 0 Å².